The Morgan fingerprint density at radius 1 is 1.07 bits per heavy atom. The van der Waals surface area contributed by atoms with E-state index in [1.54, 1.807) is 6.92 Å². The molecule has 0 unspecified atom stereocenters. The summed E-state index contributed by atoms with van der Waals surface area (Å²) in [6, 6.07) is 6.19. The number of carbonyl (C=O) groups excluding carboxylic acids is 1. The molecular formula is C18H20ClF3N2O3. The van der Waals surface area contributed by atoms with Crippen LogP contribution in [-0.2, 0) is 12.7 Å². The monoisotopic (exact) mass is 404 g/mol. The van der Waals surface area contributed by atoms with Gasteiger partial charge in [-0.1, -0.05) is 0 Å². The van der Waals surface area contributed by atoms with Crippen molar-refractivity contribution < 1.29 is 27.4 Å². The largest absolute Gasteiger partial charge is 0.496 e. The predicted octanol–water partition coefficient (Wildman–Crippen LogP) is 4.16. The van der Waals surface area contributed by atoms with Crippen molar-refractivity contribution in [2.45, 2.75) is 19.6 Å². The third kappa shape index (κ3) is 5.27. The van der Waals surface area contributed by atoms with Gasteiger partial charge in [-0.15, -0.1) is 12.4 Å². The summed E-state index contributed by atoms with van der Waals surface area (Å²) in [4.78, 5) is 12.5. The van der Waals surface area contributed by atoms with Crippen molar-refractivity contribution in [3.8, 4) is 11.5 Å². The molecule has 2 rings (SSSR count). The van der Waals surface area contributed by atoms with Crippen LogP contribution in [0.3, 0.4) is 0 Å². The van der Waals surface area contributed by atoms with Crippen LogP contribution in [0.15, 0.2) is 30.3 Å². The highest BCUT2D eigenvalue weighted by Crippen LogP contribution is 2.33. The van der Waals surface area contributed by atoms with Gasteiger partial charge in [0.1, 0.15) is 11.5 Å². The SMILES string of the molecule is COc1cc(C(=O)Nc2cc(CN)cc(C(F)(F)F)c2)cc(OC)c1C.Cl. The Hall–Kier alpha value is -2.45. The summed E-state index contributed by atoms with van der Waals surface area (Å²) in [7, 11) is 2.90. The number of nitrogens with two attached hydrogens (primary N) is 1. The van der Waals surface area contributed by atoms with E-state index in [-0.39, 0.29) is 35.8 Å². The maximum atomic E-state index is 13.0. The van der Waals surface area contributed by atoms with E-state index < -0.39 is 17.6 Å². The van der Waals surface area contributed by atoms with Crippen LogP contribution in [0.25, 0.3) is 0 Å². The number of hydrogen-bond acceptors (Lipinski definition) is 4. The molecule has 0 bridgehead atoms. The molecule has 0 saturated heterocycles. The minimum atomic E-state index is -4.54. The Morgan fingerprint density at radius 3 is 2.07 bits per heavy atom. The molecule has 2 aromatic rings. The molecule has 0 spiro atoms. The number of halogens is 4. The fraction of sp³-hybridized carbons (Fsp3) is 0.278. The quantitative estimate of drug-likeness (QED) is 0.784. The normalized spacial score (nSPS) is 10.8. The standard InChI is InChI=1S/C18H19F3N2O3.ClH/c1-10-15(25-2)6-12(7-16(10)26-3)17(24)23-14-5-11(9-22)4-13(8-14)18(19,20)21;/h4-8H,9,22H2,1-3H3,(H,23,24);1H. The maximum absolute atomic E-state index is 13.0. The molecule has 0 radical (unpaired) electrons. The Morgan fingerprint density at radius 2 is 1.63 bits per heavy atom. The molecule has 0 aliphatic rings. The highest BCUT2D eigenvalue weighted by atomic mass is 35.5. The van der Waals surface area contributed by atoms with Gasteiger partial charge in [0.25, 0.3) is 5.91 Å². The summed E-state index contributed by atoms with van der Waals surface area (Å²) >= 11 is 0. The van der Waals surface area contributed by atoms with E-state index in [1.807, 2.05) is 0 Å². The first-order chi connectivity index (χ1) is 12.2. The Balaban J connectivity index is 0.00000364. The minimum Gasteiger partial charge on any atom is -0.496 e. The van der Waals surface area contributed by atoms with Crippen LogP contribution in [0.1, 0.15) is 27.0 Å². The number of benzene rings is 2. The lowest BCUT2D eigenvalue weighted by atomic mass is 10.1. The van der Waals surface area contributed by atoms with Crippen LogP contribution in [0, 0.1) is 6.92 Å². The van der Waals surface area contributed by atoms with Gasteiger partial charge in [0.15, 0.2) is 0 Å². The van der Waals surface area contributed by atoms with Gasteiger partial charge in [0, 0.05) is 23.4 Å². The Kier molecular flexibility index (Phi) is 7.50. The van der Waals surface area contributed by atoms with Crippen molar-refractivity contribution in [1.29, 1.82) is 0 Å². The zero-order valence-electron chi connectivity index (χ0n) is 14.9. The summed E-state index contributed by atoms with van der Waals surface area (Å²) in [5.41, 5.74) is 5.73. The average molecular weight is 405 g/mol. The number of hydrogen-bond donors (Lipinski definition) is 2. The molecule has 0 saturated carbocycles. The third-order valence-corrected chi connectivity index (χ3v) is 3.83. The number of alkyl halides is 3. The fourth-order valence-corrected chi connectivity index (χ4v) is 2.47. The number of anilines is 1. The molecule has 0 aliphatic carbocycles. The van der Waals surface area contributed by atoms with E-state index in [0.717, 1.165) is 12.1 Å². The first kappa shape index (κ1) is 22.6. The number of rotatable bonds is 5. The first-order valence-electron chi connectivity index (χ1n) is 7.64. The molecule has 0 atom stereocenters. The first-order valence-corrected chi connectivity index (χ1v) is 7.64. The van der Waals surface area contributed by atoms with E-state index in [4.69, 9.17) is 15.2 Å². The second-order valence-electron chi connectivity index (χ2n) is 5.58. The number of amides is 1. The van der Waals surface area contributed by atoms with Gasteiger partial charge in [-0.2, -0.15) is 13.2 Å². The van der Waals surface area contributed by atoms with E-state index in [9.17, 15) is 18.0 Å². The lowest BCUT2D eigenvalue weighted by Crippen LogP contribution is -2.15. The van der Waals surface area contributed by atoms with Gasteiger partial charge in [0.2, 0.25) is 0 Å². The second kappa shape index (κ2) is 8.96. The van der Waals surface area contributed by atoms with Crippen molar-refractivity contribution in [2.24, 2.45) is 5.73 Å². The highest BCUT2D eigenvalue weighted by molar-refractivity contribution is 6.05. The molecule has 3 N–H and O–H groups in total. The maximum Gasteiger partial charge on any atom is 0.416 e. The van der Waals surface area contributed by atoms with Crippen LogP contribution in [0.2, 0.25) is 0 Å². The van der Waals surface area contributed by atoms with Crippen LogP contribution >= 0.6 is 12.4 Å². The minimum absolute atomic E-state index is 0. The number of ether oxygens (including phenoxy) is 2. The zero-order chi connectivity index (χ0) is 19.5. The Bertz CT molecular complexity index is 801. The third-order valence-electron chi connectivity index (χ3n) is 3.83. The molecule has 0 fully saturated rings. The van der Waals surface area contributed by atoms with Crippen molar-refractivity contribution in [1.82, 2.24) is 0 Å². The van der Waals surface area contributed by atoms with Crippen molar-refractivity contribution >= 4 is 24.0 Å². The highest BCUT2D eigenvalue weighted by Gasteiger charge is 2.31. The lowest BCUT2D eigenvalue weighted by Gasteiger charge is -2.14. The summed E-state index contributed by atoms with van der Waals surface area (Å²) in [6.45, 7) is 1.68. The smallest absolute Gasteiger partial charge is 0.416 e. The van der Waals surface area contributed by atoms with Crippen LogP contribution in [0.4, 0.5) is 18.9 Å². The Labute approximate surface area is 161 Å². The molecule has 1 amide bonds. The van der Waals surface area contributed by atoms with E-state index in [0.29, 0.717) is 17.1 Å². The van der Waals surface area contributed by atoms with Crippen molar-refractivity contribution in [3.05, 3.63) is 52.6 Å². The number of methoxy groups -OCH3 is 2. The van der Waals surface area contributed by atoms with Crippen molar-refractivity contribution in [3.63, 3.8) is 0 Å². The predicted molar refractivity (Wildman–Crippen MR) is 98.8 cm³/mol. The molecular weight excluding hydrogens is 385 g/mol. The van der Waals surface area contributed by atoms with Crippen LogP contribution in [-0.4, -0.2) is 20.1 Å². The lowest BCUT2D eigenvalue weighted by molar-refractivity contribution is -0.137. The van der Waals surface area contributed by atoms with Gasteiger partial charge in [-0.3, -0.25) is 4.79 Å². The molecule has 9 heteroatoms. The average Bonchev–Trinajstić information content (AvgIpc) is 2.60. The molecule has 0 aromatic heterocycles. The van der Waals surface area contributed by atoms with E-state index in [2.05, 4.69) is 5.32 Å². The molecule has 2 aromatic carbocycles. The fourth-order valence-electron chi connectivity index (χ4n) is 2.47. The van der Waals surface area contributed by atoms with Crippen LogP contribution < -0.4 is 20.5 Å². The van der Waals surface area contributed by atoms with Gasteiger partial charge < -0.3 is 20.5 Å². The summed E-state index contributed by atoms with van der Waals surface area (Å²) in [5, 5.41) is 2.46. The number of nitrogens with one attached hydrogen (secondary N) is 1. The van der Waals surface area contributed by atoms with Crippen molar-refractivity contribution in [2.75, 3.05) is 19.5 Å². The van der Waals surface area contributed by atoms with Crippen LogP contribution in [0.5, 0.6) is 11.5 Å². The van der Waals surface area contributed by atoms with E-state index >= 15 is 0 Å². The van der Waals surface area contributed by atoms with E-state index in [1.165, 1.54) is 32.4 Å². The zero-order valence-corrected chi connectivity index (χ0v) is 15.8. The summed E-state index contributed by atoms with van der Waals surface area (Å²) < 4.78 is 49.4. The topological polar surface area (TPSA) is 73.6 Å². The molecule has 0 heterocycles. The molecule has 148 valence electrons. The molecule has 0 aliphatic heterocycles. The number of carbonyl (C=O) groups is 1. The van der Waals surface area contributed by atoms with Gasteiger partial charge in [-0.05, 0) is 42.8 Å². The van der Waals surface area contributed by atoms with Gasteiger partial charge in [0.05, 0.1) is 19.8 Å². The van der Waals surface area contributed by atoms with Gasteiger partial charge in [-0.25, -0.2) is 0 Å². The summed E-state index contributed by atoms with van der Waals surface area (Å²) in [5.74, 6) is 0.270. The summed E-state index contributed by atoms with van der Waals surface area (Å²) in [6.07, 6.45) is -4.54. The molecule has 27 heavy (non-hydrogen) atoms. The molecule has 5 nitrogen and oxygen atoms in total. The second-order valence-corrected chi connectivity index (χ2v) is 5.58. The van der Waals surface area contributed by atoms with Gasteiger partial charge >= 0.3 is 6.18 Å².